The second-order valence-electron chi connectivity index (χ2n) is 6.70. The van der Waals surface area contributed by atoms with E-state index in [-0.39, 0.29) is 5.97 Å². The van der Waals surface area contributed by atoms with Gasteiger partial charge in [0.25, 0.3) is 0 Å². The summed E-state index contributed by atoms with van der Waals surface area (Å²) in [6.45, 7) is 7.35. The van der Waals surface area contributed by atoms with Gasteiger partial charge >= 0.3 is 98.3 Å². The molecule has 0 aromatic heterocycles. The van der Waals surface area contributed by atoms with Crippen LogP contribution in [-0.2, 0) is 9.53 Å². The maximum atomic E-state index is 11.0. The number of hydrogen-bond acceptors (Lipinski definition) is 3. The van der Waals surface area contributed by atoms with Gasteiger partial charge in [0, 0.05) is 11.8 Å². The Hall–Kier alpha value is -0.421. The minimum Gasteiger partial charge on any atom is -0.462 e. The van der Waals surface area contributed by atoms with Gasteiger partial charge in [-0.2, -0.15) is 12.6 Å². The van der Waals surface area contributed by atoms with Gasteiger partial charge in [-0.15, -0.1) is 0 Å². The number of benzene rings is 1. The van der Waals surface area contributed by atoms with Gasteiger partial charge in [-0.1, -0.05) is 30.3 Å². The third-order valence-corrected chi connectivity index (χ3v) is 13.5. The molecule has 0 heterocycles. The van der Waals surface area contributed by atoms with E-state index in [9.17, 15) is 4.79 Å². The first-order valence-corrected chi connectivity index (χ1v) is 17.2. The number of thiol groups is 1. The Balaban J connectivity index is 0.000000503. The summed E-state index contributed by atoms with van der Waals surface area (Å²) in [6, 6.07) is 9.60. The van der Waals surface area contributed by atoms with E-state index in [1.807, 2.05) is 30.3 Å². The molecule has 0 unspecified atom stereocenters. The Labute approximate surface area is 180 Å². The second kappa shape index (κ2) is 20.3. The molecule has 1 radical (unpaired) electrons. The second-order valence-corrected chi connectivity index (χ2v) is 15.7. The first kappa shape index (κ1) is 26.6. The molecule has 0 saturated carbocycles. The summed E-state index contributed by atoms with van der Waals surface area (Å²) < 4.78 is 9.85. The number of carbonyl (C=O) groups excluding carboxylic acids is 1. The van der Waals surface area contributed by atoms with Crippen molar-refractivity contribution in [2.45, 2.75) is 72.6 Å². The Kier molecular flexibility index (Phi) is 20.0. The first-order valence-electron chi connectivity index (χ1n) is 10.5. The van der Waals surface area contributed by atoms with E-state index >= 15 is 0 Å². The van der Waals surface area contributed by atoms with Gasteiger partial charge in [-0.05, 0) is 11.6 Å². The monoisotopic (exact) mass is 499 g/mol. The maximum Gasteiger partial charge on any atom is 0.330 e. The molecular weight excluding hydrogens is 459 g/mol. The van der Waals surface area contributed by atoms with Crippen molar-refractivity contribution in [1.82, 2.24) is 0 Å². The quantitative estimate of drug-likeness (QED) is 0.137. The fourth-order valence-corrected chi connectivity index (χ4v) is 12.1. The van der Waals surface area contributed by atoms with Crippen molar-refractivity contribution in [3.63, 3.8) is 0 Å². The van der Waals surface area contributed by atoms with Crippen LogP contribution in [0.5, 0.6) is 0 Å². The zero-order valence-electron chi connectivity index (χ0n) is 17.6. The molecule has 4 heteroatoms. The van der Waals surface area contributed by atoms with Crippen LogP contribution in [0, 0.1) is 0 Å². The van der Waals surface area contributed by atoms with Crippen molar-refractivity contribution in [1.29, 1.82) is 0 Å². The molecule has 1 rings (SSSR count). The number of esters is 1. The van der Waals surface area contributed by atoms with E-state index in [1.165, 1.54) is 44.6 Å². The van der Waals surface area contributed by atoms with Crippen LogP contribution in [0.2, 0.25) is 13.3 Å². The van der Waals surface area contributed by atoms with Crippen LogP contribution in [0.1, 0.15) is 64.9 Å². The summed E-state index contributed by atoms with van der Waals surface area (Å²) in [5.41, 5.74) is 0.982. The molecule has 0 aliphatic rings. The molecule has 1 aromatic carbocycles. The average Bonchev–Trinajstić information content (AvgIpc) is 2.71. The van der Waals surface area contributed by atoms with Crippen LogP contribution in [-0.4, -0.2) is 38.1 Å². The molecule has 27 heavy (non-hydrogen) atoms. The van der Waals surface area contributed by atoms with Crippen molar-refractivity contribution in [3.8, 4) is 0 Å². The predicted octanol–water partition coefficient (Wildman–Crippen LogP) is 7.05. The molecule has 0 fully saturated rings. The Morgan fingerprint density at radius 2 is 1.48 bits per heavy atom. The number of ether oxygens (including phenoxy) is 1. The minimum absolute atomic E-state index is 0.331. The molecule has 0 N–H and O–H groups in total. The summed E-state index contributed by atoms with van der Waals surface area (Å²) in [5, 5.41) is 0. The van der Waals surface area contributed by atoms with E-state index in [0.29, 0.717) is 12.4 Å². The van der Waals surface area contributed by atoms with E-state index in [0.717, 1.165) is 5.56 Å². The molecule has 153 valence electrons. The zero-order chi connectivity index (χ0) is 20.2. The molecule has 0 spiro atoms. The zero-order valence-corrected chi connectivity index (χ0v) is 21.3. The Bertz CT molecular complexity index is 458. The smallest absolute Gasteiger partial charge is 0.330 e. The van der Waals surface area contributed by atoms with E-state index < -0.39 is 19.8 Å². The number of rotatable bonds is 13. The summed E-state index contributed by atoms with van der Waals surface area (Å²) >= 11 is 3.09. The fourth-order valence-electron chi connectivity index (χ4n) is 2.58. The molecule has 0 aliphatic heterocycles. The van der Waals surface area contributed by atoms with E-state index in [2.05, 4.69) is 33.4 Å². The molecule has 2 nitrogen and oxygen atoms in total. The summed E-state index contributed by atoms with van der Waals surface area (Å²) in [4.78, 5) is 11.0. The van der Waals surface area contributed by atoms with Gasteiger partial charge in [0.1, 0.15) is 6.61 Å². The third-order valence-electron chi connectivity index (χ3n) is 4.20. The van der Waals surface area contributed by atoms with E-state index in [4.69, 9.17) is 4.74 Å². The van der Waals surface area contributed by atoms with Crippen LogP contribution in [0.4, 0.5) is 0 Å². The summed E-state index contributed by atoms with van der Waals surface area (Å²) in [5.74, 6) is 0.216. The maximum absolute atomic E-state index is 11.0. The number of hydrogen-bond donors (Lipinski definition) is 1. The van der Waals surface area contributed by atoms with Crippen molar-refractivity contribution < 1.29 is 9.53 Å². The third kappa shape index (κ3) is 17.4. The SMILES string of the molecule is CCC[CH2][Sn]([CH2]CCC)[CH2]CCC.O=C(C=Cc1ccccc1)OCCS. The van der Waals surface area contributed by atoms with Crippen LogP contribution in [0.15, 0.2) is 36.4 Å². The normalized spacial score (nSPS) is 10.7. The van der Waals surface area contributed by atoms with Gasteiger partial charge in [0.05, 0.1) is 0 Å². The van der Waals surface area contributed by atoms with Crippen LogP contribution in [0.25, 0.3) is 6.08 Å². The van der Waals surface area contributed by atoms with Gasteiger partial charge in [0.2, 0.25) is 0 Å². The van der Waals surface area contributed by atoms with Crippen molar-refractivity contribution in [2.75, 3.05) is 12.4 Å². The molecule has 0 aliphatic carbocycles. The minimum atomic E-state index is -0.839. The molecule has 0 atom stereocenters. The van der Waals surface area contributed by atoms with Gasteiger partial charge in [0.15, 0.2) is 0 Å². The molecule has 0 bridgehead atoms. The molecule has 0 amide bonds. The van der Waals surface area contributed by atoms with Crippen LogP contribution < -0.4 is 0 Å². The van der Waals surface area contributed by atoms with Crippen molar-refractivity contribution in [3.05, 3.63) is 42.0 Å². The Morgan fingerprint density at radius 3 is 1.93 bits per heavy atom. The predicted molar refractivity (Wildman–Crippen MR) is 125 cm³/mol. The van der Waals surface area contributed by atoms with Crippen LogP contribution >= 0.6 is 12.6 Å². The molecule has 0 saturated heterocycles. The van der Waals surface area contributed by atoms with Gasteiger partial charge in [-0.3, -0.25) is 0 Å². The molecule has 1 aromatic rings. The molecular formula is C23H39O2SSn. The largest absolute Gasteiger partial charge is 0.462 e. The van der Waals surface area contributed by atoms with Crippen molar-refractivity contribution >= 4 is 44.4 Å². The topological polar surface area (TPSA) is 26.3 Å². The van der Waals surface area contributed by atoms with Crippen LogP contribution in [0.3, 0.4) is 0 Å². The summed E-state index contributed by atoms with van der Waals surface area (Å²) in [6.07, 6.45) is 12.0. The Morgan fingerprint density at radius 1 is 0.963 bits per heavy atom. The number of carbonyl (C=O) groups is 1. The van der Waals surface area contributed by atoms with Gasteiger partial charge < -0.3 is 4.74 Å². The first-order chi connectivity index (χ1) is 13.2. The number of unbranched alkanes of at least 4 members (excludes halogenated alkanes) is 3. The van der Waals surface area contributed by atoms with E-state index in [1.54, 1.807) is 19.4 Å². The van der Waals surface area contributed by atoms with Gasteiger partial charge in [-0.25, -0.2) is 4.79 Å². The average molecular weight is 498 g/mol. The standard InChI is InChI=1S/C11H12O2S.3C4H9.Sn/c12-11(13-8-9-14)7-6-10-4-2-1-3-5-10;3*1-3-4-2;/h1-7,14H,8-9H2;3*1,3-4H2,2H3;. The van der Waals surface area contributed by atoms with Crippen molar-refractivity contribution in [2.24, 2.45) is 0 Å². The fraction of sp³-hybridized carbons (Fsp3) is 0.609. The summed E-state index contributed by atoms with van der Waals surface area (Å²) in [7, 11) is 0.